The van der Waals surface area contributed by atoms with E-state index in [1.165, 1.54) is 0 Å². The lowest BCUT2D eigenvalue weighted by Gasteiger charge is -2.37. The summed E-state index contributed by atoms with van der Waals surface area (Å²) in [6.45, 7) is 0.586. The molecule has 1 aromatic carbocycles. The summed E-state index contributed by atoms with van der Waals surface area (Å²) in [6, 6.07) is 1.29. The van der Waals surface area contributed by atoms with Gasteiger partial charge in [-0.15, -0.1) is 0 Å². The van der Waals surface area contributed by atoms with E-state index < -0.39 is 37.8 Å². The van der Waals surface area contributed by atoms with Gasteiger partial charge in [0.05, 0.1) is 5.41 Å². The van der Waals surface area contributed by atoms with Gasteiger partial charge in [-0.2, -0.15) is 4.31 Å². The molecule has 0 radical (unpaired) electrons. The van der Waals surface area contributed by atoms with Crippen molar-refractivity contribution in [3.63, 3.8) is 0 Å². The molecular weight excluding hydrogens is 345 g/mol. The van der Waals surface area contributed by atoms with Crippen molar-refractivity contribution < 1.29 is 26.4 Å². The highest BCUT2D eigenvalue weighted by Crippen LogP contribution is 2.41. The van der Waals surface area contributed by atoms with Crippen LogP contribution in [0.1, 0.15) is 19.3 Å². The van der Waals surface area contributed by atoms with Crippen molar-refractivity contribution >= 4 is 15.9 Å². The Morgan fingerprint density at radius 1 is 1.08 bits per heavy atom. The number of sulfonamides is 1. The highest BCUT2D eigenvalue weighted by atomic mass is 32.2. The standard InChI is InChI=1S/C15H17F3N2O3S/c1-19-7-2-5-15(14(19)21)6-8-20(9-15)24(22,23)11-4-3-10(16)12(17)13(11)18/h3-4H,2,5-9H2,1H3. The molecule has 24 heavy (non-hydrogen) atoms. The van der Waals surface area contributed by atoms with Crippen LogP contribution in [-0.2, 0) is 14.8 Å². The SMILES string of the molecule is CN1CCCC2(CCN(S(=O)(=O)c3ccc(F)c(F)c3F)C2)C1=O. The van der Waals surface area contributed by atoms with Gasteiger partial charge in [-0.25, -0.2) is 21.6 Å². The van der Waals surface area contributed by atoms with Crippen molar-refractivity contribution in [2.75, 3.05) is 26.7 Å². The van der Waals surface area contributed by atoms with Crippen LogP contribution in [0.25, 0.3) is 0 Å². The Hall–Kier alpha value is -1.61. The molecule has 0 aromatic heterocycles. The molecule has 1 spiro atoms. The van der Waals surface area contributed by atoms with Crippen LogP contribution in [0.3, 0.4) is 0 Å². The Bertz CT molecular complexity index is 799. The first-order chi connectivity index (χ1) is 11.2. The van der Waals surface area contributed by atoms with E-state index in [-0.39, 0.29) is 19.0 Å². The Morgan fingerprint density at radius 3 is 2.50 bits per heavy atom. The monoisotopic (exact) mass is 362 g/mol. The van der Waals surface area contributed by atoms with Gasteiger partial charge in [-0.3, -0.25) is 4.79 Å². The maximum absolute atomic E-state index is 13.9. The van der Waals surface area contributed by atoms with Crippen molar-refractivity contribution in [2.45, 2.75) is 24.2 Å². The molecule has 0 aliphatic carbocycles. The van der Waals surface area contributed by atoms with Gasteiger partial charge in [-0.05, 0) is 31.4 Å². The summed E-state index contributed by atoms with van der Waals surface area (Å²) in [4.78, 5) is 13.1. The molecule has 0 saturated carbocycles. The second-order valence-electron chi connectivity index (χ2n) is 6.37. The molecule has 1 aromatic rings. The topological polar surface area (TPSA) is 57.7 Å². The summed E-state index contributed by atoms with van der Waals surface area (Å²) in [7, 11) is -2.68. The third-order valence-electron chi connectivity index (χ3n) is 4.89. The normalized spacial score (nSPS) is 25.7. The maximum Gasteiger partial charge on any atom is 0.246 e. The summed E-state index contributed by atoms with van der Waals surface area (Å²) in [6.07, 6.45) is 1.65. The smallest absolute Gasteiger partial charge is 0.246 e. The first kappa shape index (κ1) is 17.2. The molecular formula is C15H17F3N2O3S. The number of rotatable bonds is 2. The van der Waals surface area contributed by atoms with Crippen molar-refractivity contribution in [3.05, 3.63) is 29.6 Å². The van der Waals surface area contributed by atoms with Crippen molar-refractivity contribution in [1.29, 1.82) is 0 Å². The zero-order valence-corrected chi connectivity index (χ0v) is 13.9. The van der Waals surface area contributed by atoms with E-state index >= 15 is 0 Å². The van der Waals surface area contributed by atoms with Crippen LogP contribution in [0.2, 0.25) is 0 Å². The van der Waals surface area contributed by atoms with Gasteiger partial charge >= 0.3 is 0 Å². The van der Waals surface area contributed by atoms with E-state index in [2.05, 4.69) is 0 Å². The van der Waals surface area contributed by atoms with E-state index in [1.807, 2.05) is 0 Å². The number of hydrogen-bond acceptors (Lipinski definition) is 3. The lowest BCUT2D eigenvalue weighted by Crippen LogP contribution is -2.48. The molecule has 9 heteroatoms. The molecule has 1 amide bonds. The summed E-state index contributed by atoms with van der Waals surface area (Å²) < 4.78 is 66.5. The molecule has 2 aliphatic rings. The second kappa shape index (κ2) is 5.73. The molecule has 1 atom stereocenters. The molecule has 5 nitrogen and oxygen atoms in total. The fraction of sp³-hybridized carbons (Fsp3) is 0.533. The van der Waals surface area contributed by atoms with E-state index in [9.17, 15) is 26.4 Å². The van der Waals surface area contributed by atoms with Gasteiger partial charge in [0, 0.05) is 26.7 Å². The number of likely N-dealkylation sites (tertiary alicyclic amines) is 1. The second-order valence-corrected chi connectivity index (χ2v) is 8.28. The van der Waals surface area contributed by atoms with Gasteiger partial charge in [0.25, 0.3) is 0 Å². The lowest BCUT2D eigenvalue weighted by atomic mass is 9.78. The third-order valence-corrected chi connectivity index (χ3v) is 6.75. The van der Waals surface area contributed by atoms with Crippen molar-refractivity contribution in [3.8, 4) is 0 Å². The lowest BCUT2D eigenvalue weighted by molar-refractivity contribution is -0.143. The van der Waals surface area contributed by atoms with Crippen LogP contribution >= 0.6 is 0 Å². The van der Waals surface area contributed by atoms with E-state index in [1.54, 1.807) is 11.9 Å². The highest BCUT2D eigenvalue weighted by Gasteiger charge is 2.50. The zero-order valence-electron chi connectivity index (χ0n) is 13.1. The van der Waals surface area contributed by atoms with E-state index in [4.69, 9.17) is 0 Å². The van der Waals surface area contributed by atoms with Crippen LogP contribution < -0.4 is 0 Å². The Labute approximate surface area is 138 Å². The largest absolute Gasteiger partial charge is 0.345 e. The number of halogens is 3. The first-order valence-corrected chi connectivity index (χ1v) is 9.02. The molecule has 0 bridgehead atoms. The number of carbonyl (C=O) groups excluding carboxylic acids is 1. The third kappa shape index (κ3) is 2.50. The van der Waals surface area contributed by atoms with Gasteiger partial charge < -0.3 is 4.90 Å². The van der Waals surface area contributed by atoms with E-state index in [0.717, 1.165) is 10.7 Å². The highest BCUT2D eigenvalue weighted by molar-refractivity contribution is 7.89. The van der Waals surface area contributed by atoms with Crippen LogP contribution in [-0.4, -0.2) is 50.2 Å². The molecule has 3 rings (SSSR count). The molecule has 0 N–H and O–H groups in total. The van der Waals surface area contributed by atoms with Crippen LogP contribution in [0.4, 0.5) is 13.2 Å². The Morgan fingerprint density at radius 2 is 1.79 bits per heavy atom. The fourth-order valence-corrected chi connectivity index (χ4v) is 5.12. The maximum atomic E-state index is 13.9. The summed E-state index contributed by atoms with van der Waals surface area (Å²) in [5, 5.41) is 0. The minimum atomic E-state index is -4.34. The van der Waals surface area contributed by atoms with Gasteiger partial charge in [0.1, 0.15) is 4.90 Å². The number of amides is 1. The molecule has 2 aliphatic heterocycles. The quantitative estimate of drug-likeness (QED) is 0.753. The average Bonchev–Trinajstić information content (AvgIpc) is 2.96. The van der Waals surface area contributed by atoms with Crippen LogP contribution in [0.5, 0.6) is 0 Å². The van der Waals surface area contributed by atoms with Crippen LogP contribution in [0, 0.1) is 22.9 Å². The first-order valence-electron chi connectivity index (χ1n) is 7.58. The minimum absolute atomic E-state index is 0.0420. The molecule has 132 valence electrons. The number of hydrogen-bond donors (Lipinski definition) is 0. The van der Waals surface area contributed by atoms with E-state index in [0.29, 0.717) is 31.5 Å². The summed E-state index contributed by atoms with van der Waals surface area (Å²) >= 11 is 0. The summed E-state index contributed by atoms with van der Waals surface area (Å²) in [5.74, 6) is -5.13. The molecule has 1 unspecified atom stereocenters. The van der Waals surface area contributed by atoms with Crippen molar-refractivity contribution in [2.24, 2.45) is 5.41 Å². The van der Waals surface area contributed by atoms with Crippen molar-refractivity contribution in [1.82, 2.24) is 9.21 Å². The van der Waals surface area contributed by atoms with Crippen LogP contribution in [0.15, 0.2) is 17.0 Å². The average molecular weight is 362 g/mol. The minimum Gasteiger partial charge on any atom is -0.345 e. The Balaban J connectivity index is 1.93. The molecule has 2 saturated heterocycles. The molecule has 2 fully saturated rings. The number of carbonyl (C=O) groups is 1. The number of piperidine rings is 1. The van der Waals surface area contributed by atoms with Gasteiger partial charge in [-0.1, -0.05) is 0 Å². The Kier molecular flexibility index (Phi) is 4.11. The van der Waals surface area contributed by atoms with Gasteiger partial charge in [0.15, 0.2) is 17.5 Å². The predicted molar refractivity (Wildman–Crippen MR) is 79.0 cm³/mol. The zero-order chi connectivity index (χ0) is 17.7. The number of benzene rings is 1. The van der Waals surface area contributed by atoms with Gasteiger partial charge in [0.2, 0.25) is 15.9 Å². The molecule has 2 heterocycles. The fourth-order valence-electron chi connectivity index (χ4n) is 3.53. The number of nitrogens with zero attached hydrogens (tertiary/aromatic N) is 2. The predicted octanol–water partition coefficient (Wildman–Crippen LogP) is 1.74. The summed E-state index contributed by atoms with van der Waals surface area (Å²) in [5.41, 5.74) is -0.810.